The van der Waals surface area contributed by atoms with Crippen LogP contribution in [-0.2, 0) is 11.2 Å². The van der Waals surface area contributed by atoms with Crippen LogP contribution in [0.5, 0.6) is 0 Å². The number of nitrogens with one attached hydrogen (secondary N) is 1. The lowest BCUT2D eigenvalue weighted by Gasteiger charge is -2.05. The zero-order chi connectivity index (χ0) is 12.1. The maximum atomic E-state index is 7.04. The van der Waals surface area contributed by atoms with E-state index in [1.165, 1.54) is 16.3 Å². The first-order valence-electron chi connectivity index (χ1n) is 5.64. The van der Waals surface area contributed by atoms with Crippen molar-refractivity contribution < 1.29 is 4.74 Å². The van der Waals surface area contributed by atoms with Gasteiger partial charge in [0.25, 0.3) is 0 Å². The van der Waals surface area contributed by atoms with Crippen molar-refractivity contribution in [1.82, 2.24) is 0 Å². The predicted molar refractivity (Wildman–Crippen MR) is 77.6 cm³/mol. The van der Waals surface area contributed by atoms with E-state index < -0.39 is 0 Å². The Morgan fingerprint density at radius 3 is 2.56 bits per heavy atom. The van der Waals surface area contributed by atoms with Gasteiger partial charge in [-0.15, -0.1) is 12.4 Å². The normalized spacial score (nSPS) is 10.0. The van der Waals surface area contributed by atoms with Gasteiger partial charge in [-0.2, -0.15) is 0 Å². The fraction of sp³-hybridized carbons (Fsp3) is 0.214. The van der Waals surface area contributed by atoms with Gasteiger partial charge in [-0.1, -0.05) is 42.5 Å². The molecular formula is C14H17ClN2O. The van der Waals surface area contributed by atoms with E-state index in [0.717, 1.165) is 6.42 Å². The topological polar surface area (TPSA) is 59.1 Å². The minimum atomic E-state index is 0. The average molecular weight is 265 g/mol. The van der Waals surface area contributed by atoms with Crippen LogP contribution >= 0.6 is 12.4 Å². The van der Waals surface area contributed by atoms with Crippen molar-refractivity contribution in [2.24, 2.45) is 5.73 Å². The van der Waals surface area contributed by atoms with Gasteiger partial charge in [-0.25, -0.2) is 0 Å². The standard InChI is InChI=1S/C14H16N2O.ClH/c15-14(16)10-17-8-7-11-5-6-12-3-1-2-4-13(12)9-11;/h1-6,9H,7-8,10H2,(H3,15,16);1H. The number of nitrogens with two attached hydrogens (primary N) is 1. The van der Waals surface area contributed by atoms with E-state index in [0.29, 0.717) is 6.61 Å². The Hall–Kier alpha value is -1.58. The molecule has 2 aromatic rings. The molecule has 0 spiro atoms. The summed E-state index contributed by atoms with van der Waals surface area (Å²) in [4.78, 5) is 0. The maximum Gasteiger partial charge on any atom is 0.117 e. The summed E-state index contributed by atoms with van der Waals surface area (Å²) in [5.74, 6) is 0.0727. The largest absolute Gasteiger partial charge is 0.386 e. The molecule has 3 nitrogen and oxygen atoms in total. The lowest BCUT2D eigenvalue weighted by molar-refractivity contribution is 0.174. The summed E-state index contributed by atoms with van der Waals surface area (Å²) in [5.41, 5.74) is 6.45. The molecule has 18 heavy (non-hydrogen) atoms. The molecule has 0 saturated carbocycles. The highest BCUT2D eigenvalue weighted by atomic mass is 35.5. The third kappa shape index (κ3) is 4.02. The summed E-state index contributed by atoms with van der Waals surface area (Å²) in [6.45, 7) is 0.811. The van der Waals surface area contributed by atoms with Crippen LogP contribution in [0.4, 0.5) is 0 Å². The van der Waals surface area contributed by atoms with E-state index in [1.807, 2.05) is 12.1 Å². The monoisotopic (exact) mass is 264 g/mol. The van der Waals surface area contributed by atoms with Crippen LogP contribution in [0.25, 0.3) is 10.8 Å². The molecular weight excluding hydrogens is 248 g/mol. The van der Waals surface area contributed by atoms with E-state index in [2.05, 4.69) is 30.3 Å². The van der Waals surface area contributed by atoms with E-state index in [1.54, 1.807) is 0 Å². The molecule has 0 fully saturated rings. The molecule has 0 aliphatic carbocycles. The van der Waals surface area contributed by atoms with Gasteiger partial charge in [0, 0.05) is 0 Å². The number of fused-ring (bicyclic) bond motifs is 1. The quantitative estimate of drug-likeness (QED) is 0.496. The van der Waals surface area contributed by atoms with Crippen LogP contribution in [-0.4, -0.2) is 19.0 Å². The van der Waals surface area contributed by atoms with Crippen LogP contribution in [0.3, 0.4) is 0 Å². The number of hydrogen-bond acceptors (Lipinski definition) is 2. The van der Waals surface area contributed by atoms with Crippen molar-refractivity contribution in [3.63, 3.8) is 0 Å². The molecule has 0 aliphatic heterocycles. The summed E-state index contributed by atoms with van der Waals surface area (Å²) in [6.07, 6.45) is 0.845. The van der Waals surface area contributed by atoms with Gasteiger partial charge in [-0.05, 0) is 22.8 Å². The smallest absolute Gasteiger partial charge is 0.117 e. The molecule has 2 aromatic carbocycles. The third-order valence-corrected chi connectivity index (χ3v) is 2.61. The number of benzene rings is 2. The fourth-order valence-electron chi connectivity index (χ4n) is 1.77. The Labute approximate surface area is 113 Å². The highest BCUT2D eigenvalue weighted by Crippen LogP contribution is 2.15. The van der Waals surface area contributed by atoms with Crippen molar-refractivity contribution in [2.45, 2.75) is 6.42 Å². The van der Waals surface area contributed by atoms with Gasteiger partial charge < -0.3 is 10.5 Å². The van der Waals surface area contributed by atoms with Crippen LogP contribution in [0.15, 0.2) is 42.5 Å². The fourth-order valence-corrected chi connectivity index (χ4v) is 1.77. The Morgan fingerprint density at radius 1 is 1.11 bits per heavy atom. The van der Waals surface area contributed by atoms with Gasteiger partial charge in [0.2, 0.25) is 0 Å². The number of halogens is 1. The Bertz CT molecular complexity index is 528. The van der Waals surface area contributed by atoms with Gasteiger partial charge in [0.15, 0.2) is 0 Å². The highest BCUT2D eigenvalue weighted by molar-refractivity contribution is 5.85. The second-order valence-corrected chi connectivity index (χ2v) is 4.01. The molecule has 0 saturated heterocycles. The van der Waals surface area contributed by atoms with Crippen molar-refractivity contribution in [2.75, 3.05) is 13.2 Å². The second-order valence-electron chi connectivity index (χ2n) is 4.01. The molecule has 0 radical (unpaired) electrons. The lowest BCUT2D eigenvalue weighted by atomic mass is 10.1. The molecule has 0 heterocycles. The molecule has 0 atom stereocenters. The summed E-state index contributed by atoms with van der Waals surface area (Å²) < 4.78 is 5.26. The average Bonchev–Trinajstić information content (AvgIpc) is 2.34. The molecule has 4 heteroatoms. The van der Waals surface area contributed by atoms with Gasteiger partial charge in [-0.3, -0.25) is 5.41 Å². The second kappa shape index (κ2) is 6.99. The summed E-state index contributed by atoms with van der Waals surface area (Å²) in [7, 11) is 0. The van der Waals surface area contributed by atoms with Crippen molar-refractivity contribution in [1.29, 1.82) is 5.41 Å². The van der Waals surface area contributed by atoms with Crippen LogP contribution in [0.2, 0.25) is 0 Å². The minimum absolute atomic E-state index is 0. The van der Waals surface area contributed by atoms with Crippen molar-refractivity contribution >= 4 is 29.0 Å². The molecule has 0 bridgehead atoms. The first-order chi connectivity index (χ1) is 8.25. The molecule has 0 aromatic heterocycles. The first-order valence-corrected chi connectivity index (χ1v) is 5.64. The van der Waals surface area contributed by atoms with Crippen molar-refractivity contribution in [3.8, 4) is 0 Å². The van der Waals surface area contributed by atoms with Gasteiger partial charge >= 0.3 is 0 Å². The Kier molecular flexibility index (Phi) is 5.62. The van der Waals surface area contributed by atoms with E-state index in [-0.39, 0.29) is 24.8 Å². The van der Waals surface area contributed by atoms with E-state index in [9.17, 15) is 0 Å². The molecule has 96 valence electrons. The van der Waals surface area contributed by atoms with Gasteiger partial charge in [0.05, 0.1) is 6.61 Å². The lowest BCUT2D eigenvalue weighted by Crippen LogP contribution is -2.18. The molecule has 0 unspecified atom stereocenters. The highest BCUT2D eigenvalue weighted by Gasteiger charge is 1.97. The minimum Gasteiger partial charge on any atom is -0.386 e. The van der Waals surface area contributed by atoms with Crippen molar-refractivity contribution in [3.05, 3.63) is 48.0 Å². The Balaban J connectivity index is 0.00000162. The summed E-state index contributed by atoms with van der Waals surface area (Å²) in [6, 6.07) is 14.7. The Morgan fingerprint density at radius 2 is 1.83 bits per heavy atom. The SMILES string of the molecule is Cl.N=C(N)COCCc1ccc2ccccc2c1. The van der Waals surface area contributed by atoms with E-state index >= 15 is 0 Å². The zero-order valence-corrected chi connectivity index (χ0v) is 10.9. The zero-order valence-electron chi connectivity index (χ0n) is 10.1. The summed E-state index contributed by atoms with van der Waals surface area (Å²) in [5, 5.41) is 9.54. The van der Waals surface area contributed by atoms with Crippen LogP contribution < -0.4 is 5.73 Å². The van der Waals surface area contributed by atoms with Crippen LogP contribution in [0.1, 0.15) is 5.56 Å². The van der Waals surface area contributed by atoms with Gasteiger partial charge in [0.1, 0.15) is 12.4 Å². The number of rotatable bonds is 5. The molecule has 2 rings (SSSR count). The number of amidine groups is 1. The third-order valence-electron chi connectivity index (χ3n) is 2.61. The molecule has 0 amide bonds. The van der Waals surface area contributed by atoms with E-state index in [4.69, 9.17) is 15.9 Å². The predicted octanol–water partition coefficient (Wildman–Crippen LogP) is 2.76. The maximum absolute atomic E-state index is 7.04. The molecule has 0 aliphatic rings. The first kappa shape index (κ1) is 14.5. The number of ether oxygens (including phenoxy) is 1. The molecule has 3 N–H and O–H groups in total. The van der Waals surface area contributed by atoms with Crippen LogP contribution in [0, 0.1) is 5.41 Å². The summed E-state index contributed by atoms with van der Waals surface area (Å²) >= 11 is 0. The number of hydrogen-bond donors (Lipinski definition) is 2.